The quantitative estimate of drug-likeness (QED) is 0.361. The zero-order chi connectivity index (χ0) is 28.1. The lowest BCUT2D eigenvalue weighted by Crippen LogP contribution is -2.48. The number of carbonyl (C=O) groups is 1. The molecule has 0 atom stereocenters. The standard InChI is InChI=1S/C30H42N2O4S2.C2H6/c1-20-7-9-22(10-8-20)28-32(23-11-13-24(14-12-23)36-30(34)31-15-17-35-18-16-31)25-19-26(21-5-3-2-4-6-21)37-27(25)29(33)38-28;1-2/h5,19-20,22-24,33H,2-4,6-18H2,1H3;1-2H3. The van der Waals surface area contributed by atoms with Gasteiger partial charge in [0.1, 0.15) is 11.2 Å². The second-order valence-electron chi connectivity index (χ2n) is 11.8. The van der Waals surface area contributed by atoms with Crippen molar-refractivity contribution in [2.24, 2.45) is 11.8 Å². The fourth-order valence-corrected chi connectivity index (χ4v) is 9.24. The Morgan fingerprint density at radius 2 is 1.75 bits per heavy atom. The van der Waals surface area contributed by atoms with E-state index in [2.05, 4.69) is 24.0 Å². The molecule has 1 N–H and O–H groups in total. The Morgan fingerprint density at radius 1 is 1.02 bits per heavy atom. The number of ether oxygens (including phenoxy) is 2. The number of carbonyl (C=O) groups excluding carboxylic acids is 1. The van der Waals surface area contributed by atoms with Crippen LogP contribution in [0.3, 0.4) is 0 Å². The van der Waals surface area contributed by atoms with E-state index in [-0.39, 0.29) is 12.2 Å². The van der Waals surface area contributed by atoms with Gasteiger partial charge in [-0.15, -0.1) is 11.3 Å². The van der Waals surface area contributed by atoms with E-state index in [1.807, 2.05) is 13.8 Å². The Bertz CT molecular complexity index is 1120. The summed E-state index contributed by atoms with van der Waals surface area (Å²) in [5.74, 6) is 1.31. The van der Waals surface area contributed by atoms with Crippen molar-refractivity contribution in [3.8, 4) is 0 Å². The van der Waals surface area contributed by atoms with Gasteiger partial charge < -0.3 is 24.4 Å². The molecule has 0 aromatic carbocycles. The summed E-state index contributed by atoms with van der Waals surface area (Å²) in [5, 5.41) is 11.8. The van der Waals surface area contributed by atoms with Crippen LogP contribution < -0.4 is 4.90 Å². The van der Waals surface area contributed by atoms with Gasteiger partial charge in [-0.25, -0.2) is 4.79 Å². The Kier molecular flexibility index (Phi) is 10.5. The van der Waals surface area contributed by atoms with Crippen LogP contribution in [0.2, 0.25) is 0 Å². The van der Waals surface area contributed by atoms with Crippen LogP contribution in [-0.4, -0.2) is 64.6 Å². The minimum Gasteiger partial charge on any atom is -0.446 e. The van der Waals surface area contributed by atoms with Gasteiger partial charge in [-0.2, -0.15) is 0 Å². The molecule has 0 bridgehead atoms. The normalized spacial score (nSPS) is 29.1. The van der Waals surface area contributed by atoms with Crippen LogP contribution in [0, 0.1) is 11.8 Å². The molecule has 1 saturated heterocycles. The minimum absolute atomic E-state index is 0.0112. The van der Waals surface area contributed by atoms with Crippen LogP contribution in [0.5, 0.6) is 0 Å². The summed E-state index contributed by atoms with van der Waals surface area (Å²) in [6.07, 6.45) is 15.8. The van der Waals surface area contributed by atoms with Crippen molar-refractivity contribution in [3.63, 3.8) is 0 Å². The molecule has 3 heterocycles. The van der Waals surface area contributed by atoms with E-state index in [4.69, 9.17) is 9.47 Å². The number of hydrogen-bond donors (Lipinski definition) is 1. The lowest BCUT2D eigenvalue weighted by atomic mass is 9.82. The largest absolute Gasteiger partial charge is 0.446 e. The van der Waals surface area contributed by atoms with Crippen molar-refractivity contribution in [2.45, 2.75) is 110 Å². The fourth-order valence-electron chi connectivity index (χ4n) is 6.80. The molecule has 2 aliphatic heterocycles. The van der Waals surface area contributed by atoms with Gasteiger partial charge in [-0.05, 0) is 81.8 Å². The number of anilines is 1. The summed E-state index contributed by atoms with van der Waals surface area (Å²) in [6, 6.07) is 2.76. The van der Waals surface area contributed by atoms with Gasteiger partial charge in [-0.1, -0.05) is 50.6 Å². The maximum Gasteiger partial charge on any atom is 0.410 e. The van der Waals surface area contributed by atoms with Gasteiger partial charge in [0, 0.05) is 29.9 Å². The summed E-state index contributed by atoms with van der Waals surface area (Å²) in [5.41, 5.74) is 2.68. The van der Waals surface area contributed by atoms with E-state index in [1.165, 1.54) is 59.7 Å². The molecule has 0 radical (unpaired) electrons. The Labute approximate surface area is 248 Å². The lowest BCUT2D eigenvalue weighted by molar-refractivity contribution is 0.00467. The number of aliphatic hydroxyl groups excluding tert-OH is 1. The summed E-state index contributed by atoms with van der Waals surface area (Å²) in [6.45, 7) is 8.81. The van der Waals surface area contributed by atoms with Gasteiger partial charge >= 0.3 is 6.09 Å². The van der Waals surface area contributed by atoms with Gasteiger partial charge in [0.2, 0.25) is 0 Å². The fraction of sp³-hybridized carbons (Fsp3) is 0.719. The maximum absolute atomic E-state index is 12.7. The molecule has 1 amide bonds. The van der Waals surface area contributed by atoms with Crippen LogP contribution in [-0.2, 0) is 9.47 Å². The van der Waals surface area contributed by atoms with E-state index in [1.54, 1.807) is 27.2 Å². The molecule has 6 rings (SSSR count). The monoisotopic (exact) mass is 588 g/mol. The highest BCUT2D eigenvalue weighted by atomic mass is 32.1. The lowest BCUT2D eigenvalue weighted by Gasteiger charge is -2.43. The molecular formula is C32H48N2O4S2. The van der Waals surface area contributed by atoms with E-state index >= 15 is 0 Å². The number of amides is 1. The van der Waals surface area contributed by atoms with E-state index < -0.39 is 0 Å². The number of rotatable bonds is 4. The van der Waals surface area contributed by atoms with Crippen molar-refractivity contribution in [3.05, 3.63) is 21.9 Å². The molecule has 6 nitrogen and oxygen atoms in total. The summed E-state index contributed by atoms with van der Waals surface area (Å²) in [4.78, 5) is 20.8. The van der Waals surface area contributed by atoms with Gasteiger partial charge in [0.25, 0.3) is 0 Å². The van der Waals surface area contributed by atoms with Crippen LogP contribution in [0.15, 0.2) is 12.1 Å². The van der Waals surface area contributed by atoms with Crippen molar-refractivity contribution in [1.29, 1.82) is 0 Å². The first-order valence-electron chi connectivity index (χ1n) is 15.8. The third-order valence-corrected chi connectivity index (χ3v) is 11.6. The summed E-state index contributed by atoms with van der Waals surface area (Å²) < 4.78 is 11.3. The molecule has 1 aromatic heterocycles. The molecule has 1 aromatic rings. The Hall–Kier alpha value is -1.61. The number of allylic oxidation sites excluding steroid dienone is 2. The van der Waals surface area contributed by atoms with Crippen molar-refractivity contribution in [2.75, 3.05) is 31.2 Å². The third kappa shape index (κ3) is 6.71. The molecule has 2 saturated carbocycles. The first-order chi connectivity index (χ1) is 19.6. The molecule has 0 unspecified atom stereocenters. The second kappa shape index (κ2) is 14.0. The average Bonchev–Trinajstić information content (AvgIpc) is 3.46. The highest BCUT2D eigenvalue weighted by Gasteiger charge is 2.38. The van der Waals surface area contributed by atoms with Crippen LogP contribution >= 0.6 is 22.3 Å². The number of nitrogens with zero attached hydrogens (tertiary/aromatic N) is 2. The molecule has 222 valence electrons. The van der Waals surface area contributed by atoms with Crippen molar-refractivity contribution >= 4 is 49.7 Å². The zero-order valence-corrected chi connectivity index (χ0v) is 26.3. The van der Waals surface area contributed by atoms with Gasteiger partial charge in [-0.3, -0.25) is 0 Å². The number of thiophene rings is 1. The first kappa shape index (κ1) is 29.9. The molecule has 3 fully saturated rings. The van der Waals surface area contributed by atoms with Gasteiger partial charge in [0.15, 0.2) is 0 Å². The van der Waals surface area contributed by atoms with Gasteiger partial charge in [0.05, 0.1) is 28.8 Å². The smallest absolute Gasteiger partial charge is 0.410 e. The molecular weight excluding hydrogens is 540 g/mol. The van der Waals surface area contributed by atoms with E-state index in [9.17, 15) is 9.90 Å². The molecule has 0 spiro atoms. The molecule has 5 aliphatic rings. The molecule has 3 aliphatic carbocycles. The predicted octanol–water partition coefficient (Wildman–Crippen LogP) is 8.06. The van der Waals surface area contributed by atoms with E-state index in [0.29, 0.717) is 43.3 Å². The van der Waals surface area contributed by atoms with Crippen LogP contribution in [0.25, 0.3) is 5.57 Å². The maximum atomic E-state index is 12.7. The highest BCUT2D eigenvalue weighted by molar-refractivity contribution is 7.98. The number of aliphatic hydroxyl groups is 1. The zero-order valence-electron chi connectivity index (χ0n) is 24.7. The summed E-state index contributed by atoms with van der Waals surface area (Å²) in [7, 11) is 1.63. The number of hydrogen-bond acceptors (Lipinski definition) is 5. The average molecular weight is 589 g/mol. The highest BCUT2D eigenvalue weighted by Crippen LogP contribution is 2.44. The Balaban J connectivity index is 0.00000158. The van der Waals surface area contributed by atoms with Crippen LogP contribution in [0.1, 0.15) is 108 Å². The predicted molar refractivity (Wildman–Crippen MR) is 170 cm³/mol. The summed E-state index contributed by atoms with van der Waals surface area (Å²) >= 11 is 1.78. The third-order valence-electron chi connectivity index (χ3n) is 9.12. The van der Waals surface area contributed by atoms with Crippen molar-refractivity contribution in [1.82, 2.24) is 4.90 Å². The Morgan fingerprint density at radius 3 is 2.42 bits per heavy atom. The number of fused-ring (bicyclic) bond motifs is 1. The van der Waals surface area contributed by atoms with Crippen molar-refractivity contribution < 1.29 is 19.4 Å². The minimum atomic E-state index is -0.182. The first-order valence-corrected chi connectivity index (χ1v) is 17.5. The SMILES string of the molecule is CC.CC1CCC(C2=S=C(O)c3sc(C4=CCCCC4)cc3N2C2CCC(OC(=O)N3CCOCC3)CC2)CC1. The number of morpholine rings is 1. The topological polar surface area (TPSA) is 62.2 Å². The molecule has 40 heavy (non-hydrogen) atoms. The van der Waals surface area contributed by atoms with E-state index in [0.717, 1.165) is 49.3 Å². The van der Waals surface area contributed by atoms with Crippen LogP contribution in [0.4, 0.5) is 10.5 Å². The molecule has 8 heteroatoms. The second-order valence-corrected chi connectivity index (χ2v) is 13.8.